The molecule has 12 rings (SSSR count). The van der Waals surface area contributed by atoms with Crippen LogP contribution in [0.1, 0.15) is 39.4 Å². The highest BCUT2D eigenvalue weighted by molar-refractivity contribution is 6.13. The zero-order chi connectivity index (χ0) is 36.8. The second-order valence-corrected chi connectivity index (χ2v) is 15.1. The van der Waals surface area contributed by atoms with Crippen LogP contribution < -0.4 is 5.32 Å². The largest absolute Gasteiger partial charge is 0.342 e. The number of benzene rings is 8. The average molecular weight is 714 g/mol. The maximum absolute atomic E-state index is 5.67. The Balaban J connectivity index is 1.13. The van der Waals surface area contributed by atoms with Crippen LogP contribution in [0, 0.1) is 0 Å². The van der Waals surface area contributed by atoms with E-state index in [0.717, 1.165) is 11.4 Å². The molecular formula is C53H35N3. The first kappa shape index (κ1) is 31.2. The lowest BCUT2D eigenvalue weighted by Gasteiger charge is -2.42. The summed E-state index contributed by atoms with van der Waals surface area (Å²) in [6, 6.07) is 72.8. The SMILES string of the molecule is c1ccc(-c2ccc(C3=NC(c4ccc(-c5ccccc5)cc4)C4=C(N3)C3(c5ccccc54)c4ccccc4-n4c5ccccc5c5cccc3c54)cc2)cc1. The van der Waals surface area contributed by atoms with Crippen molar-refractivity contribution in [3.05, 3.63) is 239 Å². The number of para-hydroxylation sites is 3. The summed E-state index contributed by atoms with van der Waals surface area (Å²) in [6.07, 6.45) is 0. The number of hydrogen-bond acceptors (Lipinski definition) is 2. The van der Waals surface area contributed by atoms with E-state index < -0.39 is 5.41 Å². The van der Waals surface area contributed by atoms with Crippen LogP contribution in [0.4, 0.5) is 0 Å². The van der Waals surface area contributed by atoms with Crippen molar-refractivity contribution >= 4 is 33.2 Å². The molecule has 9 aromatic rings. The van der Waals surface area contributed by atoms with Crippen molar-refractivity contribution in [1.29, 1.82) is 0 Å². The number of fused-ring (bicyclic) bond motifs is 11. The highest BCUT2D eigenvalue weighted by atomic mass is 15.1. The van der Waals surface area contributed by atoms with E-state index in [1.54, 1.807) is 0 Å². The molecule has 3 aliphatic rings. The highest BCUT2D eigenvalue weighted by Crippen LogP contribution is 2.62. The predicted molar refractivity (Wildman–Crippen MR) is 230 cm³/mol. The molecule has 1 aliphatic carbocycles. The molecule has 1 N–H and O–H groups in total. The summed E-state index contributed by atoms with van der Waals surface area (Å²) in [6.45, 7) is 0. The van der Waals surface area contributed by atoms with Crippen molar-refractivity contribution in [1.82, 2.24) is 9.88 Å². The van der Waals surface area contributed by atoms with Gasteiger partial charge in [0.05, 0.1) is 22.1 Å². The monoisotopic (exact) mass is 713 g/mol. The van der Waals surface area contributed by atoms with Crippen molar-refractivity contribution in [3.63, 3.8) is 0 Å². The van der Waals surface area contributed by atoms with Gasteiger partial charge in [-0.2, -0.15) is 0 Å². The summed E-state index contributed by atoms with van der Waals surface area (Å²) < 4.78 is 2.50. The Bertz CT molecular complexity index is 3080. The number of nitrogens with one attached hydrogen (secondary N) is 1. The zero-order valence-corrected chi connectivity index (χ0v) is 30.5. The van der Waals surface area contributed by atoms with Gasteiger partial charge < -0.3 is 9.88 Å². The third-order valence-electron chi connectivity index (χ3n) is 12.3. The van der Waals surface area contributed by atoms with Crippen LogP contribution in [0.2, 0.25) is 0 Å². The molecule has 0 amide bonds. The smallest absolute Gasteiger partial charge is 0.133 e. The Kier molecular flexibility index (Phi) is 6.61. The molecule has 262 valence electrons. The molecular weight excluding hydrogens is 679 g/mol. The van der Waals surface area contributed by atoms with Crippen molar-refractivity contribution in [2.75, 3.05) is 0 Å². The second-order valence-electron chi connectivity index (χ2n) is 15.1. The normalized spacial score (nSPS) is 17.7. The van der Waals surface area contributed by atoms with E-state index in [2.05, 4.69) is 210 Å². The maximum atomic E-state index is 5.67. The fourth-order valence-electron chi connectivity index (χ4n) is 9.90. The Hall–Kier alpha value is -7.23. The van der Waals surface area contributed by atoms with Crippen molar-refractivity contribution in [2.45, 2.75) is 11.5 Å². The molecule has 0 saturated carbocycles. The van der Waals surface area contributed by atoms with Gasteiger partial charge in [-0.1, -0.05) is 188 Å². The van der Waals surface area contributed by atoms with Gasteiger partial charge in [0.25, 0.3) is 0 Å². The molecule has 2 atom stereocenters. The molecule has 1 aromatic heterocycles. The topological polar surface area (TPSA) is 29.3 Å². The summed E-state index contributed by atoms with van der Waals surface area (Å²) in [5.74, 6) is 0.878. The number of aliphatic imine (C=N–C) groups is 1. The molecule has 0 radical (unpaired) electrons. The number of hydrogen-bond donors (Lipinski definition) is 1. The predicted octanol–water partition coefficient (Wildman–Crippen LogP) is 12.3. The van der Waals surface area contributed by atoms with Gasteiger partial charge in [0.1, 0.15) is 11.9 Å². The first-order valence-electron chi connectivity index (χ1n) is 19.4. The van der Waals surface area contributed by atoms with Gasteiger partial charge in [-0.05, 0) is 62.2 Å². The average Bonchev–Trinajstić information content (AvgIpc) is 3.77. The minimum absolute atomic E-state index is 0.237. The minimum Gasteiger partial charge on any atom is -0.342 e. The summed E-state index contributed by atoms with van der Waals surface area (Å²) in [4.78, 5) is 5.67. The van der Waals surface area contributed by atoms with Crippen LogP contribution in [-0.2, 0) is 5.41 Å². The van der Waals surface area contributed by atoms with Crippen molar-refractivity contribution < 1.29 is 0 Å². The van der Waals surface area contributed by atoms with Gasteiger partial charge in [-0.25, -0.2) is 0 Å². The molecule has 3 heterocycles. The minimum atomic E-state index is -0.611. The molecule has 2 unspecified atom stereocenters. The third kappa shape index (κ3) is 4.25. The first-order chi connectivity index (χ1) is 27.8. The number of amidine groups is 1. The Morgan fingerprint density at radius 2 is 1.00 bits per heavy atom. The van der Waals surface area contributed by atoms with E-state index in [1.807, 2.05) is 0 Å². The quantitative estimate of drug-likeness (QED) is 0.193. The lowest BCUT2D eigenvalue weighted by Crippen LogP contribution is -2.43. The maximum Gasteiger partial charge on any atom is 0.133 e. The van der Waals surface area contributed by atoms with Crippen molar-refractivity contribution in [3.8, 4) is 27.9 Å². The summed E-state index contributed by atoms with van der Waals surface area (Å²) in [5, 5.41) is 6.64. The van der Waals surface area contributed by atoms with Gasteiger partial charge in [0.2, 0.25) is 0 Å². The molecule has 2 aliphatic heterocycles. The highest BCUT2D eigenvalue weighted by Gasteiger charge is 2.54. The lowest BCUT2D eigenvalue weighted by atomic mass is 9.66. The summed E-state index contributed by atoms with van der Waals surface area (Å²) >= 11 is 0. The van der Waals surface area contributed by atoms with Crippen LogP contribution >= 0.6 is 0 Å². The Morgan fingerprint density at radius 1 is 0.446 bits per heavy atom. The van der Waals surface area contributed by atoms with Crippen LogP contribution in [0.25, 0.3) is 55.3 Å². The van der Waals surface area contributed by atoms with E-state index in [-0.39, 0.29) is 6.04 Å². The molecule has 3 heteroatoms. The fourth-order valence-corrected chi connectivity index (χ4v) is 9.90. The molecule has 56 heavy (non-hydrogen) atoms. The van der Waals surface area contributed by atoms with Gasteiger partial charge in [-0.15, -0.1) is 0 Å². The van der Waals surface area contributed by atoms with Gasteiger partial charge in [0, 0.05) is 27.6 Å². The lowest BCUT2D eigenvalue weighted by molar-refractivity contribution is 0.683. The molecule has 0 saturated heterocycles. The third-order valence-corrected chi connectivity index (χ3v) is 12.3. The second kappa shape index (κ2) is 11.9. The van der Waals surface area contributed by atoms with Crippen molar-refractivity contribution in [2.24, 2.45) is 4.99 Å². The fraction of sp³-hybridized carbons (Fsp3) is 0.0377. The number of nitrogens with zero attached hydrogens (tertiary/aromatic N) is 2. The van der Waals surface area contributed by atoms with Gasteiger partial charge in [-0.3, -0.25) is 4.99 Å². The standard InChI is InChI=1S/C53H35N3/c1-3-14-34(15-4-1)36-26-30-38(31-27-36)49-48-42-19-7-9-21-43(42)53(51(48)55-52(54-49)39-32-28-37(29-33-39)35-16-5-2-6-17-35)44-22-10-12-25-47(44)56-46-24-11-8-18-40(46)41-20-13-23-45(53)50(41)56/h1-33,49H,(H,54,55). The van der Waals surface area contributed by atoms with Crippen LogP contribution in [0.15, 0.2) is 211 Å². The van der Waals surface area contributed by atoms with E-state index in [1.165, 1.54) is 88.8 Å². The van der Waals surface area contributed by atoms with Crippen LogP contribution in [0.3, 0.4) is 0 Å². The molecule has 1 spiro atoms. The molecule has 0 fully saturated rings. The summed E-state index contributed by atoms with van der Waals surface area (Å²) in [7, 11) is 0. The van der Waals surface area contributed by atoms with E-state index >= 15 is 0 Å². The first-order valence-corrected chi connectivity index (χ1v) is 19.4. The summed E-state index contributed by atoms with van der Waals surface area (Å²) in [5.41, 5.74) is 17.6. The van der Waals surface area contributed by atoms with Crippen LogP contribution in [-0.4, -0.2) is 10.4 Å². The van der Waals surface area contributed by atoms with Gasteiger partial charge in [0.15, 0.2) is 0 Å². The van der Waals surface area contributed by atoms with Gasteiger partial charge >= 0.3 is 0 Å². The number of allylic oxidation sites excluding steroid dienone is 1. The number of aromatic nitrogens is 1. The van der Waals surface area contributed by atoms with Crippen LogP contribution in [0.5, 0.6) is 0 Å². The molecule has 3 nitrogen and oxygen atoms in total. The Labute approximate surface area is 325 Å². The van der Waals surface area contributed by atoms with E-state index in [9.17, 15) is 0 Å². The van der Waals surface area contributed by atoms with E-state index in [0.29, 0.717) is 0 Å². The van der Waals surface area contributed by atoms with E-state index in [4.69, 9.17) is 4.99 Å². The molecule has 0 bridgehead atoms. The molecule has 8 aromatic carbocycles. The number of rotatable bonds is 4. The Morgan fingerprint density at radius 3 is 1.75 bits per heavy atom. The zero-order valence-electron chi connectivity index (χ0n) is 30.5.